The summed E-state index contributed by atoms with van der Waals surface area (Å²) in [4.78, 5) is 14.7. The van der Waals surface area contributed by atoms with Crippen molar-refractivity contribution in [3.8, 4) is 0 Å². The molecule has 5 heteroatoms. The van der Waals surface area contributed by atoms with Gasteiger partial charge in [-0.3, -0.25) is 0 Å². The van der Waals surface area contributed by atoms with Gasteiger partial charge < -0.3 is 14.4 Å². The van der Waals surface area contributed by atoms with Gasteiger partial charge in [-0.05, 0) is 6.92 Å². The Hall–Kier alpha value is -1.62. The van der Waals surface area contributed by atoms with Crippen LogP contribution in [0.25, 0.3) is 0 Å². The van der Waals surface area contributed by atoms with Gasteiger partial charge in [0.1, 0.15) is 6.61 Å². The molecule has 0 aliphatic heterocycles. The third-order valence-electron chi connectivity index (χ3n) is 1.58. The zero-order chi connectivity index (χ0) is 10.6. The van der Waals surface area contributed by atoms with Crippen LogP contribution in [0.15, 0.2) is 30.9 Å². The highest BCUT2D eigenvalue weighted by molar-refractivity contribution is 5.86. The third kappa shape index (κ3) is 2.70. The number of hydrogen-bond acceptors (Lipinski definition) is 4. The van der Waals surface area contributed by atoms with E-state index in [1.807, 2.05) is 0 Å². The molecule has 1 aromatic rings. The first-order chi connectivity index (χ1) is 6.61. The fraction of sp³-hybridized carbons (Fsp3) is 0.333. The molecule has 1 heterocycles. The first-order valence-electron chi connectivity index (χ1n) is 4.09. The molecule has 1 aromatic heterocycles. The average Bonchev–Trinajstić information content (AvgIpc) is 2.66. The molecule has 1 rings (SSSR count). The van der Waals surface area contributed by atoms with Crippen LogP contribution in [0, 0.1) is 0 Å². The molecule has 1 unspecified atom stereocenters. The van der Waals surface area contributed by atoms with Crippen LogP contribution in [-0.4, -0.2) is 27.2 Å². The maximum absolute atomic E-state index is 11.0. The number of aliphatic hydroxyl groups is 1. The van der Waals surface area contributed by atoms with Gasteiger partial charge in [0.25, 0.3) is 0 Å². The van der Waals surface area contributed by atoms with Gasteiger partial charge in [0.05, 0.1) is 6.33 Å². The first kappa shape index (κ1) is 10.5. The third-order valence-corrected chi connectivity index (χ3v) is 1.58. The van der Waals surface area contributed by atoms with E-state index < -0.39 is 12.2 Å². The predicted molar refractivity (Wildman–Crippen MR) is 49.3 cm³/mol. The van der Waals surface area contributed by atoms with Crippen molar-refractivity contribution in [3.05, 3.63) is 30.9 Å². The minimum absolute atomic E-state index is 0.109. The number of aliphatic hydroxyl groups excluding tert-OH is 1. The number of carbonyl (C=O) groups is 1. The van der Waals surface area contributed by atoms with Crippen LogP contribution in [0.1, 0.15) is 13.2 Å². The second kappa shape index (κ2) is 4.57. The molecule has 0 aliphatic carbocycles. The molecule has 0 fully saturated rings. The molecule has 0 amide bonds. The van der Waals surface area contributed by atoms with Crippen molar-refractivity contribution < 1.29 is 14.6 Å². The van der Waals surface area contributed by atoms with Crippen LogP contribution in [0.5, 0.6) is 0 Å². The Morgan fingerprint density at radius 3 is 3.00 bits per heavy atom. The number of rotatable bonds is 4. The standard InChI is InChI=1S/C9H12N2O3/c1-7(2)9(13)14-5-8(12)11-4-3-10-6-11/h3-4,6,8,12H,1,5H2,2H3. The van der Waals surface area contributed by atoms with Gasteiger partial charge >= 0.3 is 5.97 Å². The number of carbonyl (C=O) groups excluding carboxylic acids is 1. The van der Waals surface area contributed by atoms with Crippen molar-refractivity contribution >= 4 is 5.97 Å². The van der Waals surface area contributed by atoms with Crippen molar-refractivity contribution in [2.24, 2.45) is 0 Å². The minimum Gasteiger partial charge on any atom is -0.458 e. The topological polar surface area (TPSA) is 64.3 Å². The number of nitrogens with zero attached hydrogens (tertiary/aromatic N) is 2. The Morgan fingerprint density at radius 1 is 1.79 bits per heavy atom. The summed E-state index contributed by atoms with van der Waals surface area (Å²) in [6.07, 6.45) is 3.66. The Morgan fingerprint density at radius 2 is 2.50 bits per heavy atom. The monoisotopic (exact) mass is 196 g/mol. The molecule has 5 nitrogen and oxygen atoms in total. The van der Waals surface area contributed by atoms with E-state index in [-0.39, 0.29) is 6.61 Å². The fourth-order valence-corrected chi connectivity index (χ4v) is 0.805. The first-order valence-corrected chi connectivity index (χ1v) is 4.09. The summed E-state index contributed by atoms with van der Waals surface area (Å²) in [5, 5.41) is 9.46. The van der Waals surface area contributed by atoms with Gasteiger partial charge in [0.2, 0.25) is 0 Å². The lowest BCUT2D eigenvalue weighted by Gasteiger charge is -2.11. The molecule has 0 saturated heterocycles. The normalized spacial score (nSPS) is 12.1. The quantitative estimate of drug-likeness (QED) is 0.562. The van der Waals surface area contributed by atoms with Crippen molar-refractivity contribution in [2.45, 2.75) is 13.2 Å². The average molecular weight is 196 g/mol. The number of imidazole rings is 1. The summed E-state index contributed by atoms with van der Waals surface area (Å²) >= 11 is 0. The van der Waals surface area contributed by atoms with Gasteiger partial charge in [-0.15, -0.1) is 0 Å². The lowest BCUT2D eigenvalue weighted by molar-refractivity contribution is -0.143. The number of esters is 1. The molecule has 76 valence electrons. The number of ether oxygens (including phenoxy) is 1. The molecule has 14 heavy (non-hydrogen) atoms. The minimum atomic E-state index is -0.902. The van der Waals surface area contributed by atoms with E-state index in [1.54, 1.807) is 13.1 Å². The van der Waals surface area contributed by atoms with Crippen molar-refractivity contribution in [2.75, 3.05) is 6.61 Å². The van der Waals surface area contributed by atoms with Gasteiger partial charge in [-0.25, -0.2) is 9.78 Å². The Balaban J connectivity index is 2.39. The van der Waals surface area contributed by atoms with E-state index in [4.69, 9.17) is 4.74 Å². The van der Waals surface area contributed by atoms with Crippen LogP contribution in [0.3, 0.4) is 0 Å². The smallest absolute Gasteiger partial charge is 0.333 e. The second-order valence-electron chi connectivity index (χ2n) is 2.87. The van der Waals surface area contributed by atoms with E-state index in [0.717, 1.165) is 0 Å². The molecule has 1 N–H and O–H groups in total. The fourth-order valence-electron chi connectivity index (χ4n) is 0.805. The molecule has 0 spiro atoms. The van der Waals surface area contributed by atoms with Crippen molar-refractivity contribution in [1.29, 1.82) is 0 Å². The van der Waals surface area contributed by atoms with Gasteiger partial charge in [0.15, 0.2) is 6.23 Å². The zero-order valence-electron chi connectivity index (χ0n) is 7.88. The molecule has 0 aromatic carbocycles. The van der Waals surface area contributed by atoms with Gasteiger partial charge in [-0.1, -0.05) is 6.58 Å². The van der Waals surface area contributed by atoms with Crippen molar-refractivity contribution in [1.82, 2.24) is 9.55 Å². The molecule has 0 radical (unpaired) electrons. The van der Waals surface area contributed by atoms with Crippen LogP contribution in [0.4, 0.5) is 0 Å². The zero-order valence-corrected chi connectivity index (χ0v) is 7.88. The molecular weight excluding hydrogens is 184 g/mol. The van der Waals surface area contributed by atoms with E-state index in [0.29, 0.717) is 5.57 Å². The summed E-state index contributed by atoms with van der Waals surface area (Å²) in [6.45, 7) is 4.86. The Bertz CT molecular complexity index is 319. The lowest BCUT2D eigenvalue weighted by Crippen LogP contribution is -2.17. The predicted octanol–water partition coefficient (Wildman–Crippen LogP) is 0.493. The molecule has 1 atom stereocenters. The van der Waals surface area contributed by atoms with Crippen LogP contribution in [-0.2, 0) is 9.53 Å². The molecule has 0 saturated carbocycles. The van der Waals surface area contributed by atoms with E-state index >= 15 is 0 Å². The largest absolute Gasteiger partial charge is 0.458 e. The molecule has 0 bridgehead atoms. The Kier molecular flexibility index (Phi) is 3.41. The van der Waals surface area contributed by atoms with E-state index in [9.17, 15) is 9.90 Å². The van der Waals surface area contributed by atoms with Crippen LogP contribution in [0.2, 0.25) is 0 Å². The lowest BCUT2D eigenvalue weighted by atomic mass is 10.4. The highest BCUT2D eigenvalue weighted by Crippen LogP contribution is 2.03. The molecular formula is C9H12N2O3. The number of aromatic nitrogens is 2. The summed E-state index contributed by atoms with van der Waals surface area (Å²) in [7, 11) is 0. The van der Waals surface area contributed by atoms with Crippen molar-refractivity contribution in [3.63, 3.8) is 0 Å². The maximum atomic E-state index is 11.0. The summed E-state index contributed by atoms with van der Waals surface area (Å²) in [6, 6.07) is 0. The highest BCUT2D eigenvalue weighted by atomic mass is 16.5. The van der Waals surface area contributed by atoms with E-state index in [1.165, 1.54) is 17.1 Å². The summed E-state index contributed by atoms with van der Waals surface area (Å²) in [5.41, 5.74) is 0.308. The van der Waals surface area contributed by atoms with Gasteiger partial charge in [-0.2, -0.15) is 0 Å². The maximum Gasteiger partial charge on any atom is 0.333 e. The summed E-state index contributed by atoms with van der Waals surface area (Å²) in [5.74, 6) is -0.510. The second-order valence-corrected chi connectivity index (χ2v) is 2.87. The van der Waals surface area contributed by atoms with Gasteiger partial charge in [0, 0.05) is 18.0 Å². The SMILES string of the molecule is C=C(C)C(=O)OCC(O)n1ccnc1. The number of hydrogen-bond donors (Lipinski definition) is 1. The van der Waals surface area contributed by atoms with Crippen LogP contribution < -0.4 is 0 Å². The Labute approximate surface area is 81.6 Å². The molecule has 0 aliphatic rings. The summed E-state index contributed by atoms with van der Waals surface area (Å²) < 4.78 is 6.19. The van der Waals surface area contributed by atoms with Crippen LogP contribution >= 0.6 is 0 Å². The van der Waals surface area contributed by atoms with E-state index in [2.05, 4.69) is 11.6 Å². The highest BCUT2D eigenvalue weighted by Gasteiger charge is 2.09.